The van der Waals surface area contributed by atoms with Crippen molar-refractivity contribution in [3.63, 3.8) is 0 Å². The number of nitrogens with one attached hydrogen (secondary N) is 1. The molecule has 0 spiro atoms. The van der Waals surface area contributed by atoms with E-state index >= 15 is 0 Å². The number of amides is 1. The van der Waals surface area contributed by atoms with Crippen LogP contribution >= 0.6 is 11.6 Å². The molecule has 0 aromatic heterocycles. The highest BCUT2D eigenvalue weighted by molar-refractivity contribution is 6.31. The molecule has 7 nitrogen and oxygen atoms in total. The Hall–Kier alpha value is -2.28. The van der Waals surface area contributed by atoms with Crippen molar-refractivity contribution >= 4 is 29.4 Å². The third kappa shape index (κ3) is 7.82. The van der Waals surface area contributed by atoms with Gasteiger partial charge < -0.3 is 19.5 Å². The SMILES string of the molecule is COC(=O)CCCNC(=O)COC(=O)COc1ccc(Cl)c(C)c1. The minimum atomic E-state index is -0.660. The van der Waals surface area contributed by atoms with E-state index in [1.807, 2.05) is 6.92 Å². The number of hydrogen-bond acceptors (Lipinski definition) is 6. The Bertz CT molecular complexity index is 590. The van der Waals surface area contributed by atoms with Gasteiger partial charge in [-0.05, 0) is 37.1 Å². The van der Waals surface area contributed by atoms with E-state index in [1.165, 1.54) is 7.11 Å². The molecule has 0 fully saturated rings. The number of carbonyl (C=O) groups is 3. The molecule has 0 unspecified atom stereocenters. The molecule has 0 aliphatic heterocycles. The van der Waals surface area contributed by atoms with Crippen LogP contribution in [0.2, 0.25) is 5.02 Å². The average Bonchev–Trinajstić information content (AvgIpc) is 2.57. The highest BCUT2D eigenvalue weighted by atomic mass is 35.5. The van der Waals surface area contributed by atoms with Crippen LogP contribution < -0.4 is 10.1 Å². The fourth-order valence-electron chi connectivity index (χ4n) is 1.65. The third-order valence-electron chi connectivity index (χ3n) is 2.96. The molecule has 0 aliphatic rings. The van der Waals surface area contributed by atoms with E-state index in [4.69, 9.17) is 21.1 Å². The van der Waals surface area contributed by atoms with Gasteiger partial charge in [-0.25, -0.2) is 4.79 Å². The Labute approximate surface area is 145 Å². The molecule has 8 heteroatoms. The van der Waals surface area contributed by atoms with Crippen LogP contribution in [-0.2, 0) is 23.9 Å². The van der Waals surface area contributed by atoms with Crippen molar-refractivity contribution in [2.75, 3.05) is 26.9 Å². The molecule has 0 aliphatic carbocycles. The number of aryl methyl sites for hydroxylation is 1. The molecule has 1 aromatic rings. The van der Waals surface area contributed by atoms with Crippen LogP contribution in [0, 0.1) is 6.92 Å². The van der Waals surface area contributed by atoms with Crippen molar-refractivity contribution in [1.82, 2.24) is 5.32 Å². The largest absolute Gasteiger partial charge is 0.482 e. The van der Waals surface area contributed by atoms with Crippen molar-refractivity contribution in [2.45, 2.75) is 19.8 Å². The van der Waals surface area contributed by atoms with Crippen molar-refractivity contribution in [3.05, 3.63) is 28.8 Å². The van der Waals surface area contributed by atoms with E-state index in [9.17, 15) is 14.4 Å². The zero-order valence-corrected chi connectivity index (χ0v) is 14.4. The highest BCUT2D eigenvalue weighted by Crippen LogP contribution is 2.20. The fourth-order valence-corrected chi connectivity index (χ4v) is 1.77. The number of carbonyl (C=O) groups excluding carboxylic acids is 3. The normalized spacial score (nSPS) is 9.96. The van der Waals surface area contributed by atoms with Gasteiger partial charge in [0.25, 0.3) is 5.91 Å². The first-order valence-corrected chi connectivity index (χ1v) is 7.68. The summed E-state index contributed by atoms with van der Waals surface area (Å²) >= 11 is 5.89. The number of benzene rings is 1. The molecule has 0 bridgehead atoms. The quantitative estimate of drug-likeness (QED) is 0.533. The minimum absolute atomic E-state index is 0.213. The van der Waals surface area contributed by atoms with Crippen LogP contribution in [0.25, 0.3) is 0 Å². The number of halogens is 1. The van der Waals surface area contributed by atoms with Gasteiger partial charge in [0.2, 0.25) is 0 Å². The summed E-state index contributed by atoms with van der Waals surface area (Å²) in [6.45, 7) is 1.40. The van der Waals surface area contributed by atoms with Gasteiger partial charge in [0.05, 0.1) is 7.11 Å². The van der Waals surface area contributed by atoms with Crippen molar-refractivity contribution < 1.29 is 28.6 Å². The molecule has 24 heavy (non-hydrogen) atoms. The van der Waals surface area contributed by atoms with Gasteiger partial charge in [-0.15, -0.1) is 0 Å². The van der Waals surface area contributed by atoms with E-state index in [2.05, 4.69) is 10.1 Å². The zero-order valence-electron chi connectivity index (χ0n) is 13.6. The average molecular weight is 358 g/mol. The topological polar surface area (TPSA) is 90.9 Å². The third-order valence-corrected chi connectivity index (χ3v) is 3.38. The van der Waals surface area contributed by atoms with Gasteiger partial charge in [-0.1, -0.05) is 11.6 Å². The van der Waals surface area contributed by atoms with Gasteiger partial charge in [0.1, 0.15) is 5.75 Å². The number of methoxy groups -OCH3 is 1. The van der Waals surface area contributed by atoms with Crippen LogP contribution in [0.1, 0.15) is 18.4 Å². The second-order valence-corrected chi connectivity index (χ2v) is 5.30. The van der Waals surface area contributed by atoms with Gasteiger partial charge in [-0.3, -0.25) is 9.59 Å². The molecule has 0 saturated carbocycles. The monoisotopic (exact) mass is 357 g/mol. The Morgan fingerprint density at radius 2 is 1.92 bits per heavy atom. The number of hydrogen-bond donors (Lipinski definition) is 1. The smallest absolute Gasteiger partial charge is 0.344 e. The van der Waals surface area contributed by atoms with E-state index in [1.54, 1.807) is 18.2 Å². The molecule has 0 saturated heterocycles. The van der Waals surface area contributed by atoms with Crippen molar-refractivity contribution in [1.29, 1.82) is 0 Å². The van der Waals surface area contributed by atoms with Gasteiger partial charge in [-0.2, -0.15) is 0 Å². The summed E-state index contributed by atoms with van der Waals surface area (Å²) in [5.74, 6) is -0.964. The standard InChI is InChI=1S/C16H20ClNO6/c1-11-8-12(5-6-13(11)17)23-10-16(21)24-9-14(19)18-7-3-4-15(20)22-2/h5-6,8H,3-4,7,9-10H2,1-2H3,(H,18,19). The molecule has 1 aromatic carbocycles. The molecule has 0 atom stereocenters. The summed E-state index contributed by atoms with van der Waals surface area (Å²) < 4.78 is 14.5. The zero-order chi connectivity index (χ0) is 17.9. The maximum Gasteiger partial charge on any atom is 0.344 e. The van der Waals surface area contributed by atoms with Crippen LogP contribution in [0.4, 0.5) is 0 Å². The fraction of sp³-hybridized carbons (Fsp3) is 0.438. The summed E-state index contributed by atoms with van der Waals surface area (Å²) in [4.78, 5) is 33.8. The first-order valence-electron chi connectivity index (χ1n) is 7.30. The number of ether oxygens (including phenoxy) is 3. The van der Waals surface area contributed by atoms with E-state index in [0.717, 1.165) is 5.56 Å². The maximum atomic E-state index is 11.5. The first-order chi connectivity index (χ1) is 11.4. The van der Waals surface area contributed by atoms with E-state index in [0.29, 0.717) is 23.7 Å². The Kier molecular flexibility index (Phi) is 8.64. The molecular formula is C16H20ClNO6. The molecule has 1 rings (SSSR count). The van der Waals surface area contributed by atoms with Crippen LogP contribution in [0.15, 0.2) is 18.2 Å². The van der Waals surface area contributed by atoms with Crippen molar-refractivity contribution in [2.24, 2.45) is 0 Å². The lowest BCUT2D eigenvalue weighted by Gasteiger charge is -2.08. The minimum Gasteiger partial charge on any atom is -0.482 e. The Morgan fingerprint density at radius 3 is 2.58 bits per heavy atom. The van der Waals surface area contributed by atoms with E-state index in [-0.39, 0.29) is 19.0 Å². The molecule has 0 radical (unpaired) electrons. The highest BCUT2D eigenvalue weighted by Gasteiger charge is 2.09. The lowest BCUT2D eigenvalue weighted by molar-refractivity contribution is -0.150. The van der Waals surface area contributed by atoms with Crippen LogP contribution in [-0.4, -0.2) is 44.7 Å². The summed E-state index contributed by atoms with van der Waals surface area (Å²) in [6.07, 6.45) is 0.663. The van der Waals surface area contributed by atoms with Gasteiger partial charge in [0, 0.05) is 18.0 Å². The predicted molar refractivity (Wildman–Crippen MR) is 86.9 cm³/mol. The summed E-state index contributed by atoms with van der Waals surface area (Å²) in [5.41, 5.74) is 0.828. The molecule has 1 N–H and O–H groups in total. The Morgan fingerprint density at radius 1 is 1.17 bits per heavy atom. The van der Waals surface area contributed by atoms with Gasteiger partial charge in [0.15, 0.2) is 13.2 Å². The van der Waals surface area contributed by atoms with E-state index < -0.39 is 18.5 Å². The maximum absolute atomic E-state index is 11.5. The summed E-state index contributed by atoms with van der Waals surface area (Å²) in [7, 11) is 1.30. The molecule has 132 valence electrons. The lowest BCUT2D eigenvalue weighted by atomic mass is 10.2. The second-order valence-electron chi connectivity index (χ2n) is 4.89. The molecular weight excluding hydrogens is 338 g/mol. The number of rotatable bonds is 9. The molecule has 0 heterocycles. The number of esters is 2. The first kappa shape index (κ1) is 19.8. The molecule has 1 amide bonds. The van der Waals surface area contributed by atoms with Crippen LogP contribution in [0.5, 0.6) is 5.75 Å². The second kappa shape index (κ2) is 10.5. The summed E-state index contributed by atoms with van der Waals surface area (Å²) in [6, 6.07) is 5.00. The Balaban J connectivity index is 2.17. The predicted octanol–water partition coefficient (Wildman–Crippen LogP) is 1.64. The summed E-state index contributed by atoms with van der Waals surface area (Å²) in [5, 5.41) is 3.13. The van der Waals surface area contributed by atoms with Gasteiger partial charge >= 0.3 is 11.9 Å². The van der Waals surface area contributed by atoms with Crippen LogP contribution in [0.3, 0.4) is 0 Å². The van der Waals surface area contributed by atoms with Crippen molar-refractivity contribution in [3.8, 4) is 5.75 Å². The lowest BCUT2D eigenvalue weighted by Crippen LogP contribution is -2.30.